The van der Waals surface area contributed by atoms with E-state index in [9.17, 15) is 4.79 Å². The lowest BCUT2D eigenvalue weighted by Gasteiger charge is -2.26. The Morgan fingerprint density at radius 1 is 1.38 bits per heavy atom. The van der Waals surface area contributed by atoms with Crippen molar-refractivity contribution in [2.45, 2.75) is 26.2 Å². The van der Waals surface area contributed by atoms with E-state index in [0.29, 0.717) is 6.54 Å². The molecule has 0 bridgehead atoms. The molecular weight excluding hydrogens is 306 g/mol. The van der Waals surface area contributed by atoms with Crippen LogP contribution in [0.2, 0.25) is 0 Å². The maximum absolute atomic E-state index is 11.4. The summed E-state index contributed by atoms with van der Waals surface area (Å²) in [4.78, 5) is 22.8. The van der Waals surface area contributed by atoms with Crippen molar-refractivity contribution in [3.63, 3.8) is 0 Å². The van der Waals surface area contributed by atoms with E-state index in [-0.39, 0.29) is 5.91 Å². The summed E-state index contributed by atoms with van der Waals surface area (Å²) in [5, 5.41) is 11.5. The van der Waals surface area contributed by atoms with Gasteiger partial charge in [0.05, 0.1) is 18.1 Å². The molecule has 1 amide bonds. The standard InChI is InChI=1S/C16H25N7O/c1-3-5-13-20-15(12-10-19-22(2)16(12)21-13)18-6-4-8-23-9-7-17-14(24)11-23/h10H,3-9,11H2,1-2H3,(H,17,24)(H,18,20,21). The molecule has 1 saturated heterocycles. The van der Waals surface area contributed by atoms with Gasteiger partial charge in [0.2, 0.25) is 5.91 Å². The summed E-state index contributed by atoms with van der Waals surface area (Å²) in [6.45, 7) is 6.01. The van der Waals surface area contributed by atoms with Gasteiger partial charge in [-0.1, -0.05) is 6.92 Å². The van der Waals surface area contributed by atoms with Crippen LogP contribution in [0.1, 0.15) is 25.6 Å². The fourth-order valence-corrected chi connectivity index (χ4v) is 2.93. The average molecular weight is 331 g/mol. The molecule has 130 valence electrons. The molecule has 8 heteroatoms. The monoisotopic (exact) mass is 331 g/mol. The minimum atomic E-state index is 0.117. The molecule has 2 aromatic heterocycles. The van der Waals surface area contributed by atoms with Gasteiger partial charge in [0.1, 0.15) is 11.6 Å². The number of carbonyl (C=O) groups is 1. The van der Waals surface area contributed by atoms with Crippen LogP contribution in [0, 0.1) is 0 Å². The largest absolute Gasteiger partial charge is 0.369 e. The Bertz CT molecular complexity index is 712. The number of rotatable bonds is 7. The first-order valence-electron chi connectivity index (χ1n) is 8.59. The van der Waals surface area contributed by atoms with Crippen LogP contribution in [0.25, 0.3) is 11.0 Å². The maximum Gasteiger partial charge on any atom is 0.234 e. The lowest BCUT2D eigenvalue weighted by Crippen LogP contribution is -2.47. The van der Waals surface area contributed by atoms with Crippen LogP contribution < -0.4 is 10.6 Å². The number of aryl methyl sites for hydroxylation is 2. The number of nitrogens with zero attached hydrogens (tertiary/aromatic N) is 5. The van der Waals surface area contributed by atoms with Crippen LogP contribution in [-0.4, -0.2) is 63.3 Å². The number of aromatic nitrogens is 4. The predicted molar refractivity (Wildman–Crippen MR) is 92.9 cm³/mol. The number of amides is 1. The highest BCUT2D eigenvalue weighted by Gasteiger charge is 2.15. The molecule has 1 fully saturated rings. The first-order chi connectivity index (χ1) is 11.7. The van der Waals surface area contributed by atoms with E-state index in [1.165, 1.54) is 0 Å². The molecule has 0 radical (unpaired) electrons. The molecule has 0 unspecified atom stereocenters. The van der Waals surface area contributed by atoms with Crippen molar-refractivity contribution in [3.05, 3.63) is 12.0 Å². The summed E-state index contributed by atoms with van der Waals surface area (Å²) in [7, 11) is 1.90. The number of carbonyl (C=O) groups excluding carboxylic acids is 1. The third-order valence-corrected chi connectivity index (χ3v) is 4.17. The quantitative estimate of drug-likeness (QED) is 0.721. The predicted octanol–water partition coefficient (Wildman–Crippen LogP) is 0.550. The van der Waals surface area contributed by atoms with Crippen molar-refractivity contribution in [2.75, 3.05) is 38.0 Å². The zero-order valence-electron chi connectivity index (χ0n) is 14.4. The van der Waals surface area contributed by atoms with Gasteiger partial charge in [-0.15, -0.1) is 0 Å². The van der Waals surface area contributed by atoms with Crippen molar-refractivity contribution >= 4 is 22.8 Å². The number of anilines is 1. The highest BCUT2D eigenvalue weighted by molar-refractivity contribution is 5.86. The smallest absolute Gasteiger partial charge is 0.234 e. The lowest BCUT2D eigenvalue weighted by atomic mass is 10.3. The van der Waals surface area contributed by atoms with E-state index in [4.69, 9.17) is 0 Å². The molecule has 8 nitrogen and oxygen atoms in total. The van der Waals surface area contributed by atoms with E-state index in [1.807, 2.05) is 13.2 Å². The van der Waals surface area contributed by atoms with Crippen LogP contribution >= 0.6 is 0 Å². The molecule has 0 aliphatic carbocycles. The van der Waals surface area contributed by atoms with Gasteiger partial charge in [0, 0.05) is 39.6 Å². The molecule has 3 heterocycles. The van der Waals surface area contributed by atoms with Crippen molar-refractivity contribution in [1.29, 1.82) is 0 Å². The summed E-state index contributed by atoms with van der Waals surface area (Å²) in [6, 6.07) is 0. The van der Waals surface area contributed by atoms with E-state index < -0.39 is 0 Å². The van der Waals surface area contributed by atoms with Gasteiger partial charge >= 0.3 is 0 Å². The second-order valence-electron chi connectivity index (χ2n) is 6.15. The Kier molecular flexibility index (Phi) is 5.24. The summed E-state index contributed by atoms with van der Waals surface area (Å²) in [5.74, 6) is 1.82. The number of hydrogen-bond donors (Lipinski definition) is 2. The lowest BCUT2D eigenvalue weighted by molar-refractivity contribution is -0.124. The zero-order chi connectivity index (χ0) is 16.9. The highest BCUT2D eigenvalue weighted by atomic mass is 16.2. The molecule has 0 spiro atoms. The van der Waals surface area contributed by atoms with Gasteiger partial charge in [-0.2, -0.15) is 5.10 Å². The molecule has 0 atom stereocenters. The number of fused-ring (bicyclic) bond motifs is 1. The molecular formula is C16H25N7O. The van der Waals surface area contributed by atoms with Crippen LogP contribution in [0.5, 0.6) is 0 Å². The van der Waals surface area contributed by atoms with Crippen LogP contribution in [0.15, 0.2) is 6.20 Å². The Morgan fingerprint density at radius 2 is 2.25 bits per heavy atom. The summed E-state index contributed by atoms with van der Waals surface area (Å²) >= 11 is 0. The first-order valence-corrected chi connectivity index (χ1v) is 8.59. The first kappa shape index (κ1) is 16.6. The number of piperazine rings is 1. The van der Waals surface area contributed by atoms with Crippen LogP contribution in [0.3, 0.4) is 0 Å². The summed E-state index contributed by atoms with van der Waals surface area (Å²) < 4.78 is 1.79. The van der Waals surface area contributed by atoms with Gasteiger partial charge < -0.3 is 10.6 Å². The van der Waals surface area contributed by atoms with E-state index in [1.54, 1.807) is 4.68 Å². The van der Waals surface area contributed by atoms with Gasteiger partial charge in [-0.25, -0.2) is 9.97 Å². The molecule has 1 aliphatic heterocycles. The number of hydrogen-bond acceptors (Lipinski definition) is 6. The van der Waals surface area contributed by atoms with Crippen molar-refractivity contribution in [2.24, 2.45) is 7.05 Å². The fourth-order valence-electron chi connectivity index (χ4n) is 2.93. The van der Waals surface area contributed by atoms with Gasteiger partial charge in [-0.3, -0.25) is 14.4 Å². The molecule has 2 N–H and O–H groups in total. The Labute approximate surface area is 141 Å². The molecule has 3 rings (SSSR count). The third-order valence-electron chi connectivity index (χ3n) is 4.17. The summed E-state index contributed by atoms with van der Waals surface area (Å²) in [5.41, 5.74) is 0.864. The SMILES string of the molecule is CCCc1nc(NCCCN2CCNC(=O)C2)c2cnn(C)c2n1. The third kappa shape index (κ3) is 3.81. The molecule has 1 aliphatic rings. The van der Waals surface area contributed by atoms with Gasteiger partial charge in [-0.05, 0) is 12.8 Å². The number of nitrogens with one attached hydrogen (secondary N) is 2. The fraction of sp³-hybridized carbons (Fsp3) is 0.625. The van der Waals surface area contributed by atoms with E-state index in [2.05, 4.69) is 37.5 Å². The molecule has 0 saturated carbocycles. The maximum atomic E-state index is 11.4. The topological polar surface area (TPSA) is 88.0 Å². The zero-order valence-corrected chi connectivity index (χ0v) is 14.4. The van der Waals surface area contributed by atoms with Gasteiger partial charge in [0.15, 0.2) is 5.65 Å². The highest BCUT2D eigenvalue weighted by Crippen LogP contribution is 2.20. The van der Waals surface area contributed by atoms with E-state index in [0.717, 1.165) is 68.1 Å². The summed E-state index contributed by atoms with van der Waals surface area (Å²) in [6.07, 6.45) is 4.64. The molecule has 0 aromatic carbocycles. The van der Waals surface area contributed by atoms with Gasteiger partial charge in [0.25, 0.3) is 0 Å². The Morgan fingerprint density at radius 3 is 3.04 bits per heavy atom. The van der Waals surface area contributed by atoms with Crippen LogP contribution in [-0.2, 0) is 18.3 Å². The van der Waals surface area contributed by atoms with E-state index >= 15 is 0 Å². The second kappa shape index (κ2) is 7.57. The second-order valence-corrected chi connectivity index (χ2v) is 6.15. The van der Waals surface area contributed by atoms with Crippen molar-refractivity contribution < 1.29 is 4.79 Å². The normalized spacial score (nSPS) is 15.7. The van der Waals surface area contributed by atoms with Crippen LogP contribution in [0.4, 0.5) is 5.82 Å². The van der Waals surface area contributed by atoms with Crippen molar-refractivity contribution in [3.8, 4) is 0 Å². The minimum absolute atomic E-state index is 0.117. The molecule has 24 heavy (non-hydrogen) atoms. The average Bonchev–Trinajstić information content (AvgIpc) is 2.93. The Hall–Kier alpha value is -2.22. The van der Waals surface area contributed by atoms with Crippen molar-refractivity contribution in [1.82, 2.24) is 30.0 Å². The minimum Gasteiger partial charge on any atom is -0.369 e. The Balaban J connectivity index is 1.60. The molecule has 2 aromatic rings.